The molecule has 0 saturated heterocycles. The van der Waals surface area contributed by atoms with Gasteiger partial charge < -0.3 is 52.8 Å². The molecule has 16 nitrogen and oxygen atoms in total. The molecule has 0 spiro atoms. The van der Waals surface area contributed by atoms with Gasteiger partial charge in [0.1, 0.15) is 24.4 Å². The lowest BCUT2D eigenvalue weighted by Gasteiger charge is -2.39. The van der Waals surface area contributed by atoms with Crippen LogP contribution in [0.4, 0.5) is 0 Å². The molecule has 0 radical (unpaired) electrons. The van der Waals surface area contributed by atoms with Crippen molar-refractivity contribution in [2.75, 3.05) is 13.2 Å². The Morgan fingerprint density at radius 3 is 1.41 bits per heavy atom. The van der Waals surface area contributed by atoms with Crippen molar-refractivity contribution < 1.29 is 29.9 Å². The summed E-state index contributed by atoms with van der Waals surface area (Å²) in [5.74, 6) is 0. The third-order valence-electron chi connectivity index (χ3n) is 8.65. The maximum absolute atomic E-state index is 10.2. The molecule has 0 bridgehead atoms. The predicted octanol–water partition coefficient (Wildman–Crippen LogP) is -2.67. The van der Waals surface area contributed by atoms with Gasteiger partial charge in [-0.1, -0.05) is 23.3 Å². The molecular weight excluding hydrogens is 572 g/mol. The smallest absolute Gasteiger partial charge is 0.109 e. The van der Waals surface area contributed by atoms with Crippen LogP contribution in [0.3, 0.4) is 0 Å². The number of aromatic nitrogens is 6. The molecular formula is C28H52N10O6. The summed E-state index contributed by atoms with van der Waals surface area (Å²) in [5.41, 5.74) is 25.5. The van der Waals surface area contributed by atoms with E-state index in [1.807, 2.05) is 21.8 Å². The van der Waals surface area contributed by atoms with Crippen LogP contribution in [0.5, 0.6) is 0 Å². The molecule has 2 saturated carbocycles. The Morgan fingerprint density at radius 2 is 1.00 bits per heavy atom. The fourth-order valence-electron chi connectivity index (χ4n) is 5.99. The average molecular weight is 625 g/mol. The fraction of sp³-hybridized carbons (Fsp3) is 0.857. The van der Waals surface area contributed by atoms with E-state index in [2.05, 4.69) is 20.6 Å². The molecule has 0 amide bonds. The first-order chi connectivity index (χ1) is 21.1. The minimum Gasteiger partial charge on any atom is -0.389 e. The van der Waals surface area contributed by atoms with E-state index in [4.69, 9.17) is 32.4 Å². The largest absolute Gasteiger partial charge is 0.389 e. The number of aliphatic hydroxyl groups is 4. The lowest BCUT2D eigenvalue weighted by molar-refractivity contribution is -0.127. The Kier molecular flexibility index (Phi) is 13.4. The van der Waals surface area contributed by atoms with Crippen molar-refractivity contribution in [2.24, 2.45) is 22.9 Å². The van der Waals surface area contributed by atoms with Crippen molar-refractivity contribution in [1.82, 2.24) is 30.0 Å². The third-order valence-corrected chi connectivity index (χ3v) is 8.65. The summed E-state index contributed by atoms with van der Waals surface area (Å²) in [5, 5.41) is 57.3. The number of aryl methyl sites for hydroxylation is 4. The van der Waals surface area contributed by atoms with E-state index in [9.17, 15) is 20.4 Å². The monoisotopic (exact) mass is 624 g/mol. The molecule has 10 atom stereocenters. The first-order valence-corrected chi connectivity index (χ1v) is 15.9. The normalized spacial score (nSPS) is 32.7. The number of unbranched alkanes of at least 4 members (excludes halogenated alkanes) is 3. The predicted molar refractivity (Wildman–Crippen MR) is 160 cm³/mol. The molecule has 250 valence electrons. The Bertz CT molecular complexity index is 1020. The van der Waals surface area contributed by atoms with Gasteiger partial charge in [-0.25, -0.2) is 0 Å². The van der Waals surface area contributed by atoms with E-state index in [0.717, 1.165) is 50.2 Å². The molecule has 4 rings (SSSR count). The number of nitrogens with two attached hydrogens (primary N) is 4. The number of nitrogens with zero attached hydrogens (tertiary/aromatic N) is 6. The minimum atomic E-state index is -1.08. The first-order valence-electron chi connectivity index (χ1n) is 15.9. The van der Waals surface area contributed by atoms with Crippen LogP contribution in [0, 0.1) is 0 Å². The molecule has 44 heavy (non-hydrogen) atoms. The summed E-state index contributed by atoms with van der Waals surface area (Å²) in [7, 11) is 0. The van der Waals surface area contributed by atoms with Crippen LogP contribution >= 0.6 is 0 Å². The molecule has 12 N–H and O–H groups in total. The Morgan fingerprint density at radius 1 is 0.591 bits per heavy atom. The first kappa shape index (κ1) is 34.7. The van der Waals surface area contributed by atoms with Crippen LogP contribution in [-0.2, 0) is 35.4 Å². The SMILES string of the molecule is N[C@@H]1C[C@H](N)[C@@H](OCCCc2cn(CCCCCCn3cc(CCCO[C@H]4[C@H](O)[C@@H](O)[C@H](N)C[C@@H]4N)nn3)nn2)[C@H](O)[C@H]1O. The van der Waals surface area contributed by atoms with Crippen LogP contribution in [0.2, 0.25) is 0 Å². The van der Waals surface area contributed by atoms with Crippen LogP contribution in [-0.4, -0.2) is 124 Å². The van der Waals surface area contributed by atoms with Crippen molar-refractivity contribution in [3.8, 4) is 0 Å². The van der Waals surface area contributed by atoms with Gasteiger partial charge in [0.2, 0.25) is 0 Å². The molecule has 2 aliphatic rings. The summed E-state index contributed by atoms with van der Waals surface area (Å²) in [6.45, 7) is 2.40. The highest BCUT2D eigenvalue weighted by Crippen LogP contribution is 2.22. The van der Waals surface area contributed by atoms with Gasteiger partial charge in [0.15, 0.2) is 0 Å². The lowest BCUT2D eigenvalue weighted by atomic mass is 9.85. The van der Waals surface area contributed by atoms with Crippen molar-refractivity contribution >= 4 is 0 Å². The highest BCUT2D eigenvalue weighted by molar-refractivity contribution is 4.99. The summed E-state index contributed by atoms with van der Waals surface area (Å²) < 4.78 is 15.3. The van der Waals surface area contributed by atoms with E-state index >= 15 is 0 Å². The fourth-order valence-corrected chi connectivity index (χ4v) is 5.99. The van der Waals surface area contributed by atoms with Crippen molar-refractivity contribution in [1.29, 1.82) is 0 Å². The van der Waals surface area contributed by atoms with Gasteiger partial charge in [0, 0.05) is 62.9 Å². The zero-order valence-electron chi connectivity index (χ0n) is 25.4. The van der Waals surface area contributed by atoms with Gasteiger partial charge in [-0.05, 0) is 51.4 Å². The number of ether oxygens (including phenoxy) is 2. The number of rotatable bonds is 17. The second-order valence-corrected chi connectivity index (χ2v) is 12.3. The van der Waals surface area contributed by atoms with Crippen molar-refractivity contribution in [3.05, 3.63) is 23.8 Å². The molecule has 2 heterocycles. The second kappa shape index (κ2) is 17.0. The number of aliphatic hydroxyl groups excluding tert-OH is 4. The number of hydrogen-bond donors (Lipinski definition) is 8. The van der Waals surface area contributed by atoms with Gasteiger partial charge >= 0.3 is 0 Å². The Labute approximate surface area is 258 Å². The molecule has 16 heteroatoms. The number of hydrogen-bond acceptors (Lipinski definition) is 14. The second-order valence-electron chi connectivity index (χ2n) is 12.3. The standard InChI is InChI=1S/C28H52N10O6/c29-19-13-21(31)27(25(41)23(19)39)43-11-5-7-17-15-37(35-33-17)9-3-1-2-4-10-38-16-18(34-36-38)8-6-12-44-28-22(32)14-20(30)24(40)26(28)42/h15-16,19-28,39-42H,1-14,29-32H2/t19-,20-,21+,22+,23+,24+,25-,26-,27-,28-/m1/s1. The molecule has 0 unspecified atom stereocenters. The molecule has 2 aromatic heterocycles. The van der Waals surface area contributed by atoms with Crippen LogP contribution < -0.4 is 22.9 Å². The summed E-state index contributed by atoms with van der Waals surface area (Å²) in [6.07, 6.45) is 6.18. The molecule has 0 aromatic carbocycles. The molecule has 0 aliphatic heterocycles. The van der Waals surface area contributed by atoms with Gasteiger partial charge in [-0.3, -0.25) is 9.36 Å². The van der Waals surface area contributed by atoms with Crippen LogP contribution in [0.15, 0.2) is 12.4 Å². The Hall–Kier alpha value is -2.12. The zero-order valence-corrected chi connectivity index (χ0v) is 25.4. The highest BCUT2D eigenvalue weighted by Gasteiger charge is 2.42. The van der Waals surface area contributed by atoms with Gasteiger partial charge in [-0.2, -0.15) is 0 Å². The topological polar surface area (TPSA) is 265 Å². The van der Waals surface area contributed by atoms with Gasteiger partial charge in [-0.15, -0.1) is 10.2 Å². The quantitative estimate of drug-likeness (QED) is 0.0834. The van der Waals surface area contributed by atoms with Crippen LogP contribution in [0.25, 0.3) is 0 Å². The maximum atomic E-state index is 10.2. The highest BCUT2D eigenvalue weighted by atomic mass is 16.5. The average Bonchev–Trinajstić information content (AvgIpc) is 3.65. The van der Waals surface area contributed by atoms with E-state index in [1.54, 1.807) is 0 Å². The third kappa shape index (κ3) is 9.69. The van der Waals surface area contributed by atoms with E-state index in [1.165, 1.54) is 0 Å². The van der Waals surface area contributed by atoms with Gasteiger partial charge in [0.05, 0.1) is 23.6 Å². The minimum absolute atomic E-state index is 0.397. The Balaban J connectivity index is 1.02. The van der Waals surface area contributed by atoms with Crippen molar-refractivity contribution in [2.45, 2.75) is 138 Å². The van der Waals surface area contributed by atoms with Gasteiger partial charge in [0.25, 0.3) is 0 Å². The summed E-state index contributed by atoms with van der Waals surface area (Å²) in [4.78, 5) is 0. The summed E-state index contributed by atoms with van der Waals surface area (Å²) in [6, 6.07) is -1.89. The van der Waals surface area contributed by atoms with E-state index in [0.29, 0.717) is 51.7 Å². The molecule has 2 fully saturated rings. The summed E-state index contributed by atoms with van der Waals surface area (Å²) >= 11 is 0. The van der Waals surface area contributed by atoms with E-state index < -0.39 is 60.8 Å². The van der Waals surface area contributed by atoms with Crippen molar-refractivity contribution in [3.63, 3.8) is 0 Å². The molecule has 2 aliphatic carbocycles. The van der Waals surface area contributed by atoms with E-state index in [-0.39, 0.29) is 0 Å². The lowest BCUT2D eigenvalue weighted by Crippen LogP contribution is -2.62. The molecule has 2 aromatic rings. The van der Waals surface area contributed by atoms with Crippen LogP contribution in [0.1, 0.15) is 62.8 Å². The zero-order chi connectivity index (χ0) is 31.6. The maximum Gasteiger partial charge on any atom is 0.109 e.